The van der Waals surface area contributed by atoms with Crippen molar-refractivity contribution in [1.82, 2.24) is 10.4 Å². The Morgan fingerprint density at radius 1 is 1.71 bits per heavy atom. The van der Waals surface area contributed by atoms with Gasteiger partial charge in [-0.05, 0) is 59.9 Å². The van der Waals surface area contributed by atoms with Gasteiger partial charge in [0.2, 0.25) is 0 Å². The van der Waals surface area contributed by atoms with Gasteiger partial charge in [0.1, 0.15) is 0 Å². The molecule has 1 aliphatic carbocycles. The van der Waals surface area contributed by atoms with Crippen LogP contribution in [0.25, 0.3) is 0 Å². The van der Waals surface area contributed by atoms with E-state index in [0.29, 0.717) is 11.7 Å². The van der Waals surface area contributed by atoms with Crippen molar-refractivity contribution in [1.29, 1.82) is 0 Å². The number of urea groups is 1. The number of carbonyl (C=O) groups excluding carboxylic acids is 1. The molecule has 1 aromatic rings. The Morgan fingerprint density at radius 3 is 3.00 bits per heavy atom. The van der Waals surface area contributed by atoms with E-state index >= 15 is 0 Å². The average Bonchev–Trinajstić information content (AvgIpc) is 3.07. The second-order valence-corrected chi connectivity index (χ2v) is 5.32. The predicted octanol–water partition coefficient (Wildman–Crippen LogP) is 1.79. The van der Waals surface area contributed by atoms with Crippen molar-refractivity contribution in [2.45, 2.75) is 19.8 Å². The highest BCUT2D eigenvalue weighted by Gasteiger charge is 2.24. The minimum absolute atomic E-state index is 0.526. The number of anilines is 1. The lowest BCUT2D eigenvalue weighted by atomic mass is 10.3. The number of pyridine rings is 1. The Bertz CT molecular complexity index is 433. The molecule has 2 rings (SSSR count). The molecular formula is C11H15IN4O. The maximum Gasteiger partial charge on any atom is 0.335 e. The first kappa shape index (κ1) is 12.6. The van der Waals surface area contributed by atoms with Crippen LogP contribution in [-0.4, -0.2) is 17.6 Å². The average molecular weight is 346 g/mol. The summed E-state index contributed by atoms with van der Waals surface area (Å²) >= 11 is 2.17. The van der Waals surface area contributed by atoms with Gasteiger partial charge in [-0.2, -0.15) is 0 Å². The number of aromatic nitrogens is 1. The Hall–Kier alpha value is -0.890. The van der Waals surface area contributed by atoms with Gasteiger partial charge in [-0.15, -0.1) is 0 Å². The molecule has 0 atom stereocenters. The first-order valence-corrected chi connectivity index (χ1v) is 6.61. The fraction of sp³-hybridized carbons (Fsp3) is 0.455. The van der Waals surface area contributed by atoms with E-state index in [4.69, 9.17) is 5.73 Å². The third kappa shape index (κ3) is 3.06. The number of carbonyl (C=O) groups is 1. The van der Waals surface area contributed by atoms with Crippen molar-refractivity contribution in [3.05, 3.63) is 21.4 Å². The van der Waals surface area contributed by atoms with E-state index in [9.17, 15) is 4.79 Å². The number of hydrazine groups is 1. The van der Waals surface area contributed by atoms with Gasteiger partial charge in [-0.25, -0.2) is 20.2 Å². The van der Waals surface area contributed by atoms with Crippen molar-refractivity contribution in [3.8, 4) is 0 Å². The molecule has 1 aromatic heterocycles. The van der Waals surface area contributed by atoms with Crippen LogP contribution in [0, 0.1) is 16.4 Å². The molecule has 1 saturated carbocycles. The molecule has 0 radical (unpaired) electrons. The summed E-state index contributed by atoms with van der Waals surface area (Å²) in [6, 6.07) is 1.38. The summed E-state index contributed by atoms with van der Waals surface area (Å²) in [5.41, 5.74) is 9.51. The number of hydrogen-bond acceptors (Lipinski definition) is 3. The fourth-order valence-corrected chi connectivity index (χ4v) is 2.04. The number of aryl methyl sites for hydroxylation is 1. The molecule has 0 aromatic carbocycles. The normalized spacial score (nSPS) is 14.7. The Balaban J connectivity index is 2.18. The van der Waals surface area contributed by atoms with E-state index in [0.717, 1.165) is 15.7 Å². The quantitative estimate of drug-likeness (QED) is 0.645. The van der Waals surface area contributed by atoms with Crippen molar-refractivity contribution < 1.29 is 4.79 Å². The molecule has 3 N–H and O–H groups in total. The van der Waals surface area contributed by atoms with Crippen molar-refractivity contribution in [2.24, 2.45) is 11.7 Å². The monoisotopic (exact) mass is 346 g/mol. The molecule has 17 heavy (non-hydrogen) atoms. The van der Waals surface area contributed by atoms with Gasteiger partial charge in [-0.3, -0.25) is 0 Å². The number of halogens is 1. The van der Waals surface area contributed by atoms with Crippen LogP contribution in [0.2, 0.25) is 0 Å². The van der Waals surface area contributed by atoms with Gasteiger partial charge in [0.05, 0.1) is 3.57 Å². The first-order valence-electron chi connectivity index (χ1n) is 5.53. The van der Waals surface area contributed by atoms with E-state index in [1.54, 1.807) is 6.20 Å². The molecule has 5 nitrogen and oxygen atoms in total. The number of rotatable bonds is 4. The summed E-state index contributed by atoms with van der Waals surface area (Å²) in [5, 5.41) is 1.34. The molecule has 1 fully saturated rings. The Morgan fingerprint density at radius 2 is 2.41 bits per heavy atom. The Kier molecular flexibility index (Phi) is 3.82. The standard InChI is InChI=1S/C11H15IN4O/c1-7-4-5-14-10(9(7)12)16(11(13)17)15-6-8-2-3-8/h4-5,8,15H,2-3,6H2,1H3,(H2,13,17). The fourth-order valence-electron chi connectivity index (χ4n) is 1.48. The number of nitrogens with one attached hydrogen (secondary N) is 1. The van der Waals surface area contributed by atoms with Gasteiger partial charge >= 0.3 is 6.03 Å². The summed E-state index contributed by atoms with van der Waals surface area (Å²) in [6.07, 6.45) is 4.12. The number of amides is 2. The third-order valence-corrected chi connectivity index (χ3v) is 4.06. The van der Waals surface area contributed by atoms with Crippen LogP contribution in [0.4, 0.5) is 10.6 Å². The molecule has 0 aliphatic heterocycles. The summed E-state index contributed by atoms with van der Waals surface area (Å²) < 4.78 is 0.937. The van der Waals surface area contributed by atoms with Crippen molar-refractivity contribution in [3.63, 3.8) is 0 Å². The molecule has 0 bridgehead atoms. The highest BCUT2D eigenvalue weighted by atomic mass is 127. The van der Waals surface area contributed by atoms with E-state index < -0.39 is 6.03 Å². The first-order chi connectivity index (χ1) is 8.09. The van der Waals surface area contributed by atoms with E-state index in [2.05, 4.69) is 33.0 Å². The van der Waals surface area contributed by atoms with E-state index in [1.807, 2.05) is 13.0 Å². The summed E-state index contributed by atoms with van der Waals surface area (Å²) in [5.74, 6) is 1.25. The second kappa shape index (κ2) is 5.18. The highest BCUT2D eigenvalue weighted by molar-refractivity contribution is 14.1. The zero-order valence-corrected chi connectivity index (χ0v) is 11.8. The maximum atomic E-state index is 11.4. The van der Waals surface area contributed by atoms with Gasteiger partial charge in [0, 0.05) is 12.7 Å². The molecule has 1 heterocycles. The molecule has 92 valence electrons. The van der Waals surface area contributed by atoms with Gasteiger partial charge in [0.15, 0.2) is 5.82 Å². The van der Waals surface area contributed by atoms with Crippen LogP contribution in [0.1, 0.15) is 18.4 Å². The van der Waals surface area contributed by atoms with Gasteiger partial charge in [-0.1, -0.05) is 0 Å². The lowest BCUT2D eigenvalue weighted by molar-refractivity contribution is 0.251. The van der Waals surface area contributed by atoms with Crippen LogP contribution in [-0.2, 0) is 0 Å². The SMILES string of the molecule is Cc1ccnc(N(NCC2CC2)C(N)=O)c1I. The summed E-state index contributed by atoms with van der Waals surface area (Å²) in [4.78, 5) is 15.7. The van der Waals surface area contributed by atoms with Crippen molar-refractivity contribution >= 4 is 34.4 Å². The largest absolute Gasteiger partial charge is 0.350 e. The van der Waals surface area contributed by atoms with Gasteiger partial charge in [0.25, 0.3) is 0 Å². The molecule has 2 amide bonds. The van der Waals surface area contributed by atoms with Crippen LogP contribution < -0.4 is 16.2 Å². The molecular weight excluding hydrogens is 331 g/mol. The minimum Gasteiger partial charge on any atom is -0.350 e. The van der Waals surface area contributed by atoms with Crippen LogP contribution in [0.3, 0.4) is 0 Å². The molecule has 6 heteroatoms. The predicted molar refractivity (Wildman–Crippen MR) is 74.5 cm³/mol. The molecule has 0 spiro atoms. The molecule has 0 unspecified atom stereocenters. The molecule has 0 saturated heterocycles. The van der Waals surface area contributed by atoms with Crippen LogP contribution in [0.15, 0.2) is 12.3 Å². The number of primary amides is 1. The second-order valence-electron chi connectivity index (χ2n) is 4.24. The smallest absolute Gasteiger partial charge is 0.335 e. The van der Waals surface area contributed by atoms with E-state index in [1.165, 1.54) is 17.9 Å². The van der Waals surface area contributed by atoms with Crippen LogP contribution >= 0.6 is 22.6 Å². The highest BCUT2D eigenvalue weighted by Crippen LogP contribution is 2.28. The zero-order valence-electron chi connectivity index (χ0n) is 9.61. The molecule has 1 aliphatic rings. The summed E-state index contributed by atoms with van der Waals surface area (Å²) in [6.45, 7) is 2.75. The zero-order chi connectivity index (χ0) is 12.4. The van der Waals surface area contributed by atoms with Crippen molar-refractivity contribution in [2.75, 3.05) is 11.6 Å². The third-order valence-electron chi connectivity index (χ3n) is 2.73. The lowest BCUT2D eigenvalue weighted by Gasteiger charge is -2.21. The lowest BCUT2D eigenvalue weighted by Crippen LogP contribution is -2.48. The number of hydrogen-bond donors (Lipinski definition) is 2. The topological polar surface area (TPSA) is 71.2 Å². The van der Waals surface area contributed by atoms with Crippen LogP contribution in [0.5, 0.6) is 0 Å². The number of nitrogens with zero attached hydrogens (tertiary/aromatic N) is 2. The number of nitrogens with two attached hydrogens (primary N) is 1. The minimum atomic E-state index is -0.526. The van der Waals surface area contributed by atoms with E-state index in [-0.39, 0.29) is 0 Å². The van der Waals surface area contributed by atoms with Gasteiger partial charge < -0.3 is 5.73 Å². The Labute approximate surface area is 114 Å². The maximum absolute atomic E-state index is 11.4. The summed E-state index contributed by atoms with van der Waals surface area (Å²) in [7, 11) is 0.